The number of benzene rings is 2. The fourth-order valence-electron chi connectivity index (χ4n) is 9.83. The summed E-state index contributed by atoms with van der Waals surface area (Å²) < 4.78 is 46.8. The number of hydrogen-bond acceptors (Lipinski definition) is 7. The maximum absolute atomic E-state index is 14.2. The number of rotatable bonds is 8. The number of alkyl halides is 5. The van der Waals surface area contributed by atoms with Crippen molar-refractivity contribution in [2.45, 2.75) is 91.1 Å². The third-order valence-electron chi connectivity index (χ3n) is 12.5. The molecule has 2 bridgehead atoms. The van der Waals surface area contributed by atoms with E-state index in [1.165, 1.54) is 42.3 Å². The van der Waals surface area contributed by atoms with Crippen LogP contribution in [0.15, 0.2) is 83.5 Å². The normalized spacial score (nSPS) is 36.2. The Morgan fingerprint density at radius 2 is 1.85 bits per heavy atom. The number of Topliss-reactive ketones (excluding diaryl/α,β-unsaturated/α-hetero) is 1. The van der Waals surface area contributed by atoms with Crippen molar-refractivity contribution < 1.29 is 37.7 Å². The molecule has 4 fully saturated rings. The third-order valence-corrected chi connectivity index (χ3v) is 13.5. The van der Waals surface area contributed by atoms with E-state index in [0.29, 0.717) is 18.0 Å². The van der Waals surface area contributed by atoms with Gasteiger partial charge in [0.1, 0.15) is 0 Å². The molecule has 2 N–H and O–H groups in total. The number of hydrogen-bond donors (Lipinski definition) is 2. The molecule has 1 spiro atoms. The van der Waals surface area contributed by atoms with Crippen LogP contribution in [0.3, 0.4) is 0 Å². The van der Waals surface area contributed by atoms with Gasteiger partial charge in [0.05, 0.1) is 40.8 Å². The summed E-state index contributed by atoms with van der Waals surface area (Å²) in [4.78, 5) is 31.5. The van der Waals surface area contributed by atoms with Crippen molar-refractivity contribution in [3.8, 4) is 6.07 Å². The van der Waals surface area contributed by atoms with E-state index < -0.39 is 63.0 Å². The molecule has 0 aromatic heterocycles. The van der Waals surface area contributed by atoms with E-state index >= 15 is 0 Å². The number of allylic oxidation sites excluding steroid dienone is 1. The van der Waals surface area contributed by atoms with Gasteiger partial charge in [0.2, 0.25) is 16.0 Å². The molecule has 2 heterocycles. The van der Waals surface area contributed by atoms with E-state index in [4.69, 9.17) is 27.9 Å². The molecular weight excluding hydrogens is 730 g/mol. The molecular formula is C40H38Cl2F3N3O5. The molecule has 8 atom stereocenters. The van der Waals surface area contributed by atoms with Crippen LogP contribution >= 0.6 is 23.2 Å². The molecule has 13 heteroatoms. The number of aliphatic hydroxyl groups is 2. The maximum Gasteiger partial charge on any atom is 0.416 e. The summed E-state index contributed by atoms with van der Waals surface area (Å²) in [6.45, 7) is 0.597. The van der Waals surface area contributed by atoms with Gasteiger partial charge in [0, 0.05) is 37.7 Å². The summed E-state index contributed by atoms with van der Waals surface area (Å²) in [6, 6.07) is 14.2. The van der Waals surface area contributed by atoms with Gasteiger partial charge in [-0.3, -0.25) is 14.5 Å². The highest BCUT2D eigenvalue weighted by molar-refractivity contribution is 6.36. The number of ether oxygens (including phenoxy) is 1. The Morgan fingerprint density at radius 1 is 1.11 bits per heavy atom. The quantitative estimate of drug-likeness (QED) is 0.245. The van der Waals surface area contributed by atoms with Gasteiger partial charge in [-0.05, 0) is 91.0 Å². The second-order valence-electron chi connectivity index (χ2n) is 15.4. The summed E-state index contributed by atoms with van der Waals surface area (Å²) in [5.41, 5.74) is -1.90. The number of carbonyl (C=O) groups excluding carboxylic acids is 2. The van der Waals surface area contributed by atoms with Gasteiger partial charge in [0.15, 0.2) is 5.78 Å². The van der Waals surface area contributed by atoms with E-state index in [1.54, 1.807) is 0 Å². The molecule has 4 aliphatic carbocycles. The lowest BCUT2D eigenvalue weighted by atomic mass is 9.45. The first kappa shape index (κ1) is 36.5. The fourth-order valence-corrected chi connectivity index (χ4v) is 10.5. The smallest absolute Gasteiger partial charge is 0.387 e. The van der Waals surface area contributed by atoms with Crippen LogP contribution in [0.1, 0.15) is 55.2 Å². The summed E-state index contributed by atoms with van der Waals surface area (Å²) in [6.07, 6.45) is 0.774. The van der Waals surface area contributed by atoms with Crippen molar-refractivity contribution >= 4 is 41.0 Å². The van der Waals surface area contributed by atoms with Crippen molar-refractivity contribution in [3.63, 3.8) is 0 Å². The summed E-state index contributed by atoms with van der Waals surface area (Å²) >= 11 is 14.3. The predicted octanol–water partition coefficient (Wildman–Crippen LogP) is 6.15. The van der Waals surface area contributed by atoms with Crippen LogP contribution in [0.5, 0.6) is 0 Å². The molecule has 1 amide bonds. The number of likely N-dealkylation sites (N-methyl/N-ethyl adjacent to an activating group) is 1. The van der Waals surface area contributed by atoms with Crippen LogP contribution in [-0.4, -0.2) is 85.2 Å². The standard InChI is InChI=1S/C40H38Cl2F3N3O5/c1-47(33(50)13-12-24-8-5-9-26(16-24)40(43,44)45)30-14-15-37(51)32-18-28-29(31(49)17-23-6-3-2-4-7-23)20-38(41,52)39(42)34(28)36(37,35(30)53-39)19-27(21-46)48(32)22-25-10-11-25/h2-9,12-13,16,20,25,27,30,32,35,51-52H,10-11,14-15,17-19,22H2,1H3/t27?,30-,32+,35-,36-,37+,38?,39?/m0/s1. The van der Waals surface area contributed by atoms with Crippen LogP contribution in [0.4, 0.5) is 13.2 Å². The number of ketones is 1. The van der Waals surface area contributed by atoms with Gasteiger partial charge in [-0.15, -0.1) is 0 Å². The van der Waals surface area contributed by atoms with Gasteiger partial charge in [-0.1, -0.05) is 65.7 Å². The highest BCUT2D eigenvalue weighted by Crippen LogP contribution is 2.74. The van der Waals surface area contributed by atoms with Gasteiger partial charge >= 0.3 is 6.18 Å². The highest BCUT2D eigenvalue weighted by atomic mass is 35.5. The zero-order chi connectivity index (χ0) is 37.7. The van der Waals surface area contributed by atoms with Crippen molar-refractivity contribution in [1.29, 1.82) is 5.26 Å². The molecule has 2 aromatic carbocycles. The summed E-state index contributed by atoms with van der Waals surface area (Å²) in [5, 5.41) is 31.2. The zero-order valence-electron chi connectivity index (χ0n) is 28.8. The Labute approximate surface area is 315 Å². The summed E-state index contributed by atoms with van der Waals surface area (Å²) in [5.74, 6) is -0.469. The van der Waals surface area contributed by atoms with Crippen LogP contribution in [0.2, 0.25) is 0 Å². The largest absolute Gasteiger partial charge is 0.416 e. The van der Waals surface area contributed by atoms with E-state index in [2.05, 4.69) is 11.0 Å². The molecule has 0 radical (unpaired) electrons. The average Bonchev–Trinajstić information content (AvgIpc) is 3.89. The van der Waals surface area contributed by atoms with Crippen molar-refractivity contribution in [3.05, 3.63) is 100 Å². The Hall–Kier alpha value is -3.50. The average molecular weight is 769 g/mol. The Balaban J connectivity index is 1.23. The molecule has 3 unspecified atom stereocenters. The number of piperidine rings is 1. The van der Waals surface area contributed by atoms with Crippen LogP contribution in [-0.2, 0) is 26.9 Å². The number of halogens is 5. The van der Waals surface area contributed by atoms with Crippen LogP contribution in [0.25, 0.3) is 6.08 Å². The second-order valence-corrected chi connectivity index (χ2v) is 16.5. The molecule has 2 saturated heterocycles. The maximum atomic E-state index is 14.2. The fraction of sp³-hybridized carbons (Fsp3) is 0.475. The minimum atomic E-state index is -4.55. The lowest BCUT2D eigenvalue weighted by Gasteiger charge is -2.66. The third kappa shape index (κ3) is 5.55. The first-order chi connectivity index (χ1) is 25.0. The van der Waals surface area contributed by atoms with E-state index in [1.807, 2.05) is 30.3 Å². The predicted molar refractivity (Wildman–Crippen MR) is 190 cm³/mol. The number of likely N-dealkylation sites (tertiary alicyclic amines) is 1. The summed E-state index contributed by atoms with van der Waals surface area (Å²) in [7, 11) is 1.54. The number of amides is 1. The van der Waals surface area contributed by atoms with Crippen LogP contribution < -0.4 is 0 Å². The number of carbonyl (C=O) groups is 2. The van der Waals surface area contributed by atoms with Gasteiger partial charge in [-0.2, -0.15) is 18.4 Å². The lowest BCUT2D eigenvalue weighted by molar-refractivity contribution is -0.232. The molecule has 2 saturated carbocycles. The van der Waals surface area contributed by atoms with Crippen molar-refractivity contribution in [2.24, 2.45) is 11.3 Å². The Kier molecular flexibility index (Phi) is 8.61. The minimum Gasteiger partial charge on any atom is -0.387 e. The van der Waals surface area contributed by atoms with E-state index in [0.717, 1.165) is 30.5 Å². The van der Waals surface area contributed by atoms with Crippen molar-refractivity contribution in [1.82, 2.24) is 9.80 Å². The monoisotopic (exact) mass is 767 g/mol. The molecule has 8 nitrogen and oxygen atoms in total. The molecule has 2 aliphatic heterocycles. The molecule has 2 aromatic rings. The number of nitrogens with zero attached hydrogens (tertiary/aromatic N) is 3. The molecule has 53 heavy (non-hydrogen) atoms. The van der Waals surface area contributed by atoms with Crippen molar-refractivity contribution in [2.75, 3.05) is 13.6 Å². The highest BCUT2D eigenvalue weighted by Gasteiger charge is 2.81. The van der Waals surface area contributed by atoms with Crippen LogP contribution in [0, 0.1) is 22.7 Å². The van der Waals surface area contributed by atoms with Gasteiger partial charge in [0.25, 0.3) is 0 Å². The Bertz CT molecular complexity index is 2010. The zero-order valence-corrected chi connectivity index (χ0v) is 30.3. The molecule has 8 rings (SSSR count). The molecule has 6 aliphatic rings. The van der Waals surface area contributed by atoms with Gasteiger partial charge < -0.3 is 19.8 Å². The SMILES string of the molecule is CN(C(=O)C=Cc1cccc(C(F)(F)F)c1)[C@H]1CC[C@@]2(O)[C@H]3CC4=C5C(Cl)(O[C@@H]1[C@]52CC(C#N)N3CC1CC1)C(O)(Cl)C=C4C(=O)Cc1ccccc1. The minimum absolute atomic E-state index is 0.0165. The van der Waals surface area contributed by atoms with E-state index in [9.17, 15) is 38.2 Å². The van der Waals surface area contributed by atoms with Gasteiger partial charge in [-0.25, -0.2) is 0 Å². The first-order valence-corrected chi connectivity index (χ1v) is 18.6. The lowest BCUT2D eigenvalue weighted by Crippen LogP contribution is -2.77. The van der Waals surface area contributed by atoms with E-state index in [-0.39, 0.29) is 54.6 Å². The topological polar surface area (TPSA) is 114 Å². The molecule has 278 valence electrons. The number of nitriles is 1. The Morgan fingerprint density at radius 3 is 2.53 bits per heavy atom. The second kappa shape index (κ2) is 12.5. The first-order valence-electron chi connectivity index (χ1n) is 17.9.